The average molecular weight is 276 g/mol. The Hall–Kier alpha value is -1.39. The van der Waals surface area contributed by atoms with Gasteiger partial charge in [0.25, 0.3) is 0 Å². The van der Waals surface area contributed by atoms with Crippen LogP contribution in [0.25, 0.3) is 0 Å². The van der Waals surface area contributed by atoms with Crippen molar-refractivity contribution in [1.82, 2.24) is 9.80 Å². The lowest BCUT2D eigenvalue weighted by Crippen LogP contribution is -2.52. The molecule has 0 amide bonds. The van der Waals surface area contributed by atoms with E-state index in [0.717, 1.165) is 31.7 Å². The van der Waals surface area contributed by atoms with Crippen LogP contribution in [0.3, 0.4) is 0 Å². The largest absolute Gasteiger partial charge is 0.480 e. The highest BCUT2D eigenvalue weighted by molar-refractivity contribution is 5.74. The minimum atomic E-state index is -0.713. The van der Waals surface area contributed by atoms with E-state index in [-0.39, 0.29) is 0 Å². The number of nitrogens with zero attached hydrogens (tertiary/aromatic N) is 2. The maximum Gasteiger partial charge on any atom is 0.321 e. The molecule has 0 spiro atoms. The van der Waals surface area contributed by atoms with Gasteiger partial charge in [-0.2, -0.15) is 0 Å². The van der Waals surface area contributed by atoms with Crippen LogP contribution in [-0.2, 0) is 11.2 Å². The summed E-state index contributed by atoms with van der Waals surface area (Å²) >= 11 is 0. The highest BCUT2D eigenvalue weighted by Gasteiger charge is 2.28. The van der Waals surface area contributed by atoms with E-state index in [1.807, 2.05) is 0 Å². The zero-order valence-electron chi connectivity index (χ0n) is 12.6. The zero-order chi connectivity index (χ0) is 14.7. The standard InChI is InChI=1S/C16H24N2O2/c1-12-4-5-14(13(2)10-12)11-15(16(19)20)18-8-6-17(3)7-9-18/h4-5,10,15H,6-9,11H2,1-3H3,(H,19,20)/t15-/m0/s1. The molecule has 0 unspecified atom stereocenters. The zero-order valence-corrected chi connectivity index (χ0v) is 12.6. The monoisotopic (exact) mass is 276 g/mol. The molecule has 0 saturated carbocycles. The van der Waals surface area contributed by atoms with Crippen molar-refractivity contribution in [2.45, 2.75) is 26.3 Å². The molecule has 0 bridgehead atoms. The van der Waals surface area contributed by atoms with Crippen LogP contribution in [0.4, 0.5) is 0 Å². The van der Waals surface area contributed by atoms with E-state index in [2.05, 4.69) is 48.9 Å². The lowest BCUT2D eigenvalue weighted by molar-refractivity contribution is -0.144. The van der Waals surface area contributed by atoms with Gasteiger partial charge in [-0.1, -0.05) is 23.8 Å². The van der Waals surface area contributed by atoms with Crippen LogP contribution in [0, 0.1) is 13.8 Å². The first kappa shape index (κ1) is 15.0. The maximum atomic E-state index is 11.6. The minimum Gasteiger partial charge on any atom is -0.480 e. The Morgan fingerprint density at radius 1 is 1.25 bits per heavy atom. The van der Waals surface area contributed by atoms with Crippen molar-refractivity contribution in [1.29, 1.82) is 0 Å². The molecule has 0 aliphatic carbocycles. The highest BCUT2D eigenvalue weighted by atomic mass is 16.4. The van der Waals surface area contributed by atoms with E-state index < -0.39 is 12.0 Å². The first-order valence-corrected chi connectivity index (χ1v) is 7.19. The lowest BCUT2D eigenvalue weighted by atomic mass is 9.98. The summed E-state index contributed by atoms with van der Waals surface area (Å²) in [4.78, 5) is 15.9. The number of carboxylic acid groups (broad SMARTS) is 1. The fourth-order valence-corrected chi connectivity index (χ4v) is 2.79. The molecule has 0 radical (unpaired) electrons. The molecule has 1 fully saturated rings. The second kappa shape index (κ2) is 6.37. The van der Waals surface area contributed by atoms with Crippen LogP contribution >= 0.6 is 0 Å². The summed E-state index contributed by atoms with van der Waals surface area (Å²) < 4.78 is 0. The number of likely N-dealkylation sites (N-methyl/N-ethyl adjacent to an activating group) is 1. The minimum absolute atomic E-state index is 0.412. The molecule has 2 rings (SSSR count). The van der Waals surface area contributed by atoms with Crippen LogP contribution in [-0.4, -0.2) is 60.1 Å². The normalized spacial score (nSPS) is 18.9. The second-order valence-corrected chi connectivity index (χ2v) is 5.83. The summed E-state index contributed by atoms with van der Waals surface area (Å²) in [5.41, 5.74) is 3.55. The Labute approximate surface area is 121 Å². The summed E-state index contributed by atoms with van der Waals surface area (Å²) in [5.74, 6) is -0.713. The van der Waals surface area contributed by atoms with Gasteiger partial charge in [-0.3, -0.25) is 9.69 Å². The van der Waals surface area contributed by atoms with E-state index >= 15 is 0 Å². The number of hydrogen-bond acceptors (Lipinski definition) is 3. The summed E-state index contributed by atoms with van der Waals surface area (Å²) in [6.45, 7) is 7.67. The highest BCUT2D eigenvalue weighted by Crippen LogP contribution is 2.16. The topological polar surface area (TPSA) is 43.8 Å². The molecule has 110 valence electrons. The van der Waals surface area contributed by atoms with Crippen LogP contribution in [0.15, 0.2) is 18.2 Å². The molecular formula is C16H24N2O2. The Morgan fingerprint density at radius 2 is 1.90 bits per heavy atom. The molecule has 1 atom stereocenters. The predicted octanol–water partition coefficient (Wildman–Crippen LogP) is 1.55. The molecule has 1 aromatic rings. The van der Waals surface area contributed by atoms with Crippen molar-refractivity contribution >= 4 is 5.97 Å². The quantitative estimate of drug-likeness (QED) is 0.906. The van der Waals surface area contributed by atoms with Crippen LogP contribution in [0.1, 0.15) is 16.7 Å². The van der Waals surface area contributed by atoms with Crippen molar-refractivity contribution in [3.05, 3.63) is 34.9 Å². The Morgan fingerprint density at radius 3 is 2.45 bits per heavy atom. The van der Waals surface area contributed by atoms with Crippen molar-refractivity contribution in [2.75, 3.05) is 33.2 Å². The van der Waals surface area contributed by atoms with Gasteiger partial charge >= 0.3 is 5.97 Å². The number of benzene rings is 1. The smallest absolute Gasteiger partial charge is 0.321 e. The summed E-state index contributed by atoms with van der Waals surface area (Å²) in [5, 5.41) is 9.54. The molecule has 4 heteroatoms. The fraction of sp³-hybridized carbons (Fsp3) is 0.562. The van der Waals surface area contributed by atoms with Gasteiger partial charge in [0.2, 0.25) is 0 Å². The SMILES string of the molecule is Cc1ccc(C[C@@H](C(=O)O)N2CCN(C)CC2)c(C)c1. The first-order valence-electron chi connectivity index (χ1n) is 7.19. The van der Waals surface area contributed by atoms with Gasteiger partial charge in [0.05, 0.1) is 0 Å². The number of aliphatic carboxylic acids is 1. The van der Waals surface area contributed by atoms with Crippen LogP contribution in [0.5, 0.6) is 0 Å². The third-order valence-electron chi connectivity index (χ3n) is 4.18. The number of rotatable bonds is 4. The van der Waals surface area contributed by atoms with Crippen molar-refractivity contribution < 1.29 is 9.90 Å². The van der Waals surface area contributed by atoms with Gasteiger partial charge in [0, 0.05) is 26.2 Å². The third kappa shape index (κ3) is 3.58. The van der Waals surface area contributed by atoms with Crippen LogP contribution < -0.4 is 0 Å². The number of carbonyl (C=O) groups is 1. The summed E-state index contributed by atoms with van der Waals surface area (Å²) in [7, 11) is 2.08. The Balaban J connectivity index is 2.11. The predicted molar refractivity (Wildman–Crippen MR) is 80.1 cm³/mol. The second-order valence-electron chi connectivity index (χ2n) is 5.83. The molecule has 1 aliphatic rings. The van der Waals surface area contributed by atoms with Gasteiger partial charge in [0.15, 0.2) is 0 Å². The number of hydrogen-bond donors (Lipinski definition) is 1. The van der Waals surface area contributed by atoms with E-state index in [1.54, 1.807) is 0 Å². The molecule has 20 heavy (non-hydrogen) atoms. The molecule has 1 aliphatic heterocycles. The number of aryl methyl sites for hydroxylation is 2. The fourth-order valence-electron chi connectivity index (χ4n) is 2.79. The maximum absolute atomic E-state index is 11.6. The van der Waals surface area contributed by atoms with E-state index in [1.165, 1.54) is 11.1 Å². The molecule has 4 nitrogen and oxygen atoms in total. The van der Waals surface area contributed by atoms with Crippen molar-refractivity contribution in [3.63, 3.8) is 0 Å². The Bertz CT molecular complexity index is 479. The Kier molecular flexibility index (Phi) is 4.78. The van der Waals surface area contributed by atoms with Gasteiger partial charge in [-0.05, 0) is 38.4 Å². The van der Waals surface area contributed by atoms with E-state index in [4.69, 9.17) is 0 Å². The van der Waals surface area contributed by atoms with Gasteiger partial charge in [-0.15, -0.1) is 0 Å². The van der Waals surface area contributed by atoms with Crippen molar-refractivity contribution in [3.8, 4) is 0 Å². The van der Waals surface area contributed by atoms with Crippen molar-refractivity contribution in [2.24, 2.45) is 0 Å². The molecule has 1 aromatic carbocycles. The summed E-state index contributed by atoms with van der Waals surface area (Å²) in [6.07, 6.45) is 0.588. The lowest BCUT2D eigenvalue weighted by Gasteiger charge is -2.36. The molecule has 1 N–H and O–H groups in total. The molecule has 0 aromatic heterocycles. The summed E-state index contributed by atoms with van der Waals surface area (Å²) in [6, 6.07) is 5.84. The van der Waals surface area contributed by atoms with Crippen LogP contribution in [0.2, 0.25) is 0 Å². The third-order valence-corrected chi connectivity index (χ3v) is 4.18. The molecule has 1 saturated heterocycles. The van der Waals surface area contributed by atoms with Gasteiger partial charge < -0.3 is 10.0 Å². The first-order chi connectivity index (χ1) is 9.47. The van der Waals surface area contributed by atoms with E-state index in [0.29, 0.717) is 6.42 Å². The number of piperazine rings is 1. The van der Waals surface area contributed by atoms with Gasteiger partial charge in [0.1, 0.15) is 6.04 Å². The van der Waals surface area contributed by atoms with Gasteiger partial charge in [-0.25, -0.2) is 0 Å². The molecule has 1 heterocycles. The average Bonchev–Trinajstić information content (AvgIpc) is 2.39. The number of carboxylic acids is 1. The molecular weight excluding hydrogens is 252 g/mol. The van der Waals surface area contributed by atoms with E-state index in [9.17, 15) is 9.90 Å².